The number of aliphatic carboxylic acids is 1. The second-order valence-electron chi connectivity index (χ2n) is 2.76. The summed E-state index contributed by atoms with van der Waals surface area (Å²) in [4.78, 5) is 10.3. The number of hydrogen-bond acceptors (Lipinski definition) is 1. The molecule has 0 heterocycles. The van der Waals surface area contributed by atoms with Crippen LogP contribution in [0.2, 0.25) is 0 Å². The van der Waals surface area contributed by atoms with Gasteiger partial charge in [-0.15, -0.1) is 0 Å². The van der Waals surface area contributed by atoms with Gasteiger partial charge >= 0.3 is 5.97 Å². The molecule has 0 aromatic carbocycles. The van der Waals surface area contributed by atoms with Crippen LogP contribution in [0.5, 0.6) is 0 Å². The van der Waals surface area contributed by atoms with Gasteiger partial charge in [0.1, 0.15) is 0 Å². The zero-order valence-corrected chi connectivity index (χ0v) is 6.72. The van der Waals surface area contributed by atoms with Gasteiger partial charge in [0.15, 0.2) is 0 Å². The molecule has 0 spiro atoms. The molecule has 0 bridgehead atoms. The Labute approximate surface area is 61.6 Å². The molecule has 0 aromatic heterocycles. The third kappa shape index (κ3) is 4.13. The van der Waals surface area contributed by atoms with Crippen LogP contribution in [0, 0.1) is 5.92 Å². The minimum absolute atomic E-state index is 0.255. The SMILES string of the molecule is CC(C)=CC[C@@H](C)C(=O)O. The number of carbonyl (C=O) groups is 1. The van der Waals surface area contributed by atoms with E-state index < -0.39 is 5.97 Å². The number of rotatable bonds is 3. The fraction of sp³-hybridized carbons (Fsp3) is 0.625. The fourth-order valence-corrected chi connectivity index (χ4v) is 0.513. The molecule has 0 radical (unpaired) electrons. The molecule has 0 fully saturated rings. The highest BCUT2D eigenvalue weighted by atomic mass is 16.4. The third-order valence-electron chi connectivity index (χ3n) is 1.30. The molecule has 0 aliphatic carbocycles. The van der Waals surface area contributed by atoms with Crippen LogP contribution in [0.1, 0.15) is 27.2 Å². The maximum Gasteiger partial charge on any atom is 0.306 e. The summed E-state index contributed by atoms with van der Waals surface area (Å²) in [6.45, 7) is 5.64. The molecule has 0 saturated carbocycles. The van der Waals surface area contributed by atoms with Crippen LogP contribution in [0.4, 0.5) is 0 Å². The first-order valence-corrected chi connectivity index (χ1v) is 3.40. The van der Waals surface area contributed by atoms with Crippen LogP contribution >= 0.6 is 0 Å². The molecule has 58 valence electrons. The predicted molar refractivity (Wildman–Crippen MR) is 40.8 cm³/mol. The van der Waals surface area contributed by atoms with E-state index in [0.29, 0.717) is 6.42 Å². The van der Waals surface area contributed by atoms with Gasteiger partial charge in [-0.3, -0.25) is 4.79 Å². The summed E-state index contributed by atoms with van der Waals surface area (Å²) in [5.41, 5.74) is 1.17. The van der Waals surface area contributed by atoms with E-state index in [-0.39, 0.29) is 5.92 Å². The Morgan fingerprint density at radius 1 is 1.60 bits per heavy atom. The highest BCUT2D eigenvalue weighted by Crippen LogP contribution is 2.04. The van der Waals surface area contributed by atoms with Crippen molar-refractivity contribution in [1.29, 1.82) is 0 Å². The molecule has 0 amide bonds. The van der Waals surface area contributed by atoms with Gasteiger partial charge in [-0.1, -0.05) is 18.6 Å². The molecule has 10 heavy (non-hydrogen) atoms. The quantitative estimate of drug-likeness (QED) is 0.612. The van der Waals surface area contributed by atoms with Crippen molar-refractivity contribution in [2.45, 2.75) is 27.2 Å². The van der Waals surface area contributed by atoms with Gasteiger partial charge in [0.2, 0.25) is 0 Å². The van der Waals surface area contributed by atoms with Crippen LogP contribution in [0.25, 0.3) is 0 Å². The van der Waals surface area contributed by atoms with Crippen LogP contribution in [-0.4, -0.2) is 11.1 Å². The van der Waals surface area contributed by atoms with Gasteiger partial charge in [-0.25, -0.2) is 0 Å². The fourth-order valence-electron chi connectivity index (χ4n) is 0.513. The Morgan fingerprint density at radius 3 is 2.40 bits per heavy atom. The molecular formula is C8H14O2. The Bertz CT molecular complexity index is 143. The second kappa shape index (κ2) is 4.09. The van der Waals surface area contributed by atoms with Gasteiger partial charge in [0, 0.05) is 0 Å². The van der Waals surface area contributed by atoms with E-state index in [4.69, 9.17) is 5.11 Å². The van der Waals surface area contributed by atoms with Crippen LogP contribution < -0.4 is 0 Å². The molecular weight excluding hydrogens is 128 g/mol. The second-order valence-corrected chi connectivity index (χ2v) is 2.76. The van der Waals surface area contributed by atoms with Crippen molar-refractivity contribution in [3.05, 3.63) is 11.6 Å². The summed E-state index contributed by atoms with van der Waals surface area (Å²) in [5, 5.41) is 8.47. The third-order valence-corrected chi connectivity index (χ3v) is 1.30. The van der Waals surface area contributed by atoms with E-state index >= 15 is 0 Å². The molecule has 2 nitrogen and oxygen atoms in total. The number of carboxylic acid groups (broad SMARTS) is 1. The summed E-state index contributed by atoms with van der Waals surface area (Å²) in [6, 6.07) is 0. The van der Waals surface area contributed by atoms with Crippen molar-refractivity contribution < 1.29 is 9.90 Å². The first-order chi connectivity index (χ1) is 4.54. The molecule has 0 rings (SSSR count). The first-order valence-electron chi connectivity index (χ1n) is 3.40. The first kappa shape index (κ1) is 9.21. The molecule has 1 atom stereocenters. The molecule has 0 aromatic rings. The monoisotopic (exact) mass is 142 g/mol. The normalized spacial score (nSPS) is 12.3. The summed E-state index contributed by atoms with van der Waals surface area (Å²) in [7, 11) is 0. The topological polar surface area (TPSA) is 37.3 Å². The van der Waals surface area contributed by atoms with E-state index in [1.165, 1.54) is 5.57 Å². The summed E-state index contributed by atoms with van der Waals surface area (Å²) in [5.74, 6) is -0.979. The largest absolute Gasteiger partial charge is 0.481 e. The lowest BCUT2D eigenvalue weighted by Gasteiger charge is -2.00. The van der Waals surface area contributed by atoms with Crippen molar-refractivity contribution in [1.82, 2.24) is 0 Å². The maximum absolute atomic E-state index is 10.3. The highest BCUT2D eigenvalue weighted by Gasteiger charge is 2.07. The van der Waals surface area contributed by atoms with Gasteiger partial charge < -0.3 is 5.11 Å². The van der Waals surface area contributed by atoms with E-state index in [1.54, 1.807) is 6.92 Å². The van der Waals surface area contributed by atoms with Crippen LogP contribution in [-0.2, 0) is 4.79 Å². The van der Waals surface area contributed by atoms with E-state index in [2.05, 4.69) is 0 Å². The number of allylic oxidation sites excluding steroid dienone is 2. The molecule has 0 saturated heterocycles. The summed E-state index contributed by atoms with van der Waals surface area (Å²) >= 11 is 0. The highest BCUT2D eigenvalue weighted by molar-refractivity contribution is 5.69. The average molecular weight is 142 g/mol. The summed E-state index contributed by atoms with van der Waals surface area (Å²) < 4.78 is 0. The van der Waals surface area contributed by atoms with Crippen molar-refractivity contribution >= 4 is 5.97 Å². The van der Waals surface area contributed by atoms with Gasteiger partial charge in [0.25, 0.3) is 0 Å². The molecule has 1 N–H and O–H groups in total. The van der Waals surface area contributed by atoms with E-state index in [9.17, 15) is 4.79 Å². The van der Waals surface area contributed by atoms with E-state index in [1.807, 2.05) is 19.9 Å². The Kier molecular flexibility index (Phi) is 3.77. The smallest absolute Gasteiger partial charge is 0.306 e. The van der Waals surface area contributed by atoms with Gasteiger partial charge in [-0.2, -0.15) is 0 Å². The van der Waals surface area contributed by atoms with Crippen LogP contribution in [0.15, 0.2) is 11.6 Å². The van der Waals surface area contributed by atoms with Crippen molar-refractivity contribution in [3.8, 4) is 0 Å². The van der Waals surface area contributed by atoms with Crippen molar-refractivity contribution in [2.75, 3.05) is 0 Å². The molecule has 2 heteroatoms. The number of carboxylic acids is 1. The maximum atomic E-state index is 10.3. The Hall–Kier alpha value is -0.790. The Morgan fingerprint density at radius 2 is 2.10 bits per heavy atom. The van der Waals surface area contributed by atoms with Crippen LogP contribution in [0.3, 0.4) is 0 Å². The van der Waals surface area contributed by atoms with Gasteiger partial charge in [0.05, 0.1) is 5.92 Å². The lowest BCUT2D eigenvalue weighted by Crippen LogP contribution is -2.07. The van der Waals surface area contributed by atoms with Crippen molar-refractivity contribution in [2.24, 2.45) is 5.92 Å². The molecule has 0 unspecified atom stereocenters. The van der Waals surface area contributed by atoms with E-state index in [0.717, 1.165) is 0 Å². The number of hydrogen-bond donors (Lipinski definition) is 1. The minimum atomic E-state index is -0.725. The molecule has 0 aliphatic rings. The van der Waals surface area contributed by atoms with Crippen molar-refractivity contribution in [3.63, 3.8) is 0 Å². The predicted octanol–water partition coefficient (Wildman–Crippen LogP) is 2.06. The zero-order valence-electron chi connectivity index (χ0n) is 6.72. The standard InChI is InChI=1S/C8H14O2/c1-6(2)4-5-7(3)8(9)10/h4,7H,5H2,1-3H3,(H,9,10)/t7-/m1/s1. The van der Waals surface area contributed by atoms with Gasteiger partial charge in [-0.05, 0) is 20.3 Å². The lowest BCUT2D eigenvalue weighted by molar-refractivity contribution is -0.140. The molecule has 0 aliphatic heterocycles. The Balaban J connectivity index is 3.70. The minimum Gasteiger partial charge on any atom is -0.481 e. The zero-order chi connectivity index (χ0) is 8.15. The average Bonchev–Trinajstić information content (AvgIpc) is 1.82. The summed E-state index contributed by atoms with van der Waals surface area (Å²) in [6.07, 6.45) is 2.58. The lowest BCUT2D eigenvalue weighted by atomic mass is 10.1.